The van der Waals surface area contributed by atoms with Crippen molar-refractivity contribution in [3.8, 4) is 0 Å². The Hall–Kier alpha value is -1.10. The van der Waals surface area contributed by atoms with E-state index in [2.05, 4.69) is 13.8 Å². The Bertz CT molecular complexity index is 622. The third-order valence-electron chi connectivity index (χ3n) is 9.21. The number of rotatable bonds is 38. The smallest absolute Gasteiger partial charge is 0.306 e. The molecule has 5 nitrogen and oxygen atoms in total. The van der Waals surface area contributed by atoms with Crippen LogP contribution in [0, 0.1) is 0 Å². The zero-order chi connectivity index (χ0) is 33.6. The molecule has 0 heterocycles. The first-order valence-electron chi connectivity index (χ1n) is 20.6. The maximum Gasteiger partial charge on any atom is 0.306 e. The summed E-state index contributed by atoms with van der Waals surface area (Å²) in [6, 6.07) is 0. The Morgan fingerprint density at radius 1 is 0.391 bits per heavy atom. The lowest BCUT2D eigenvalue weighted by Gasteiger charge is -2.18. The Labute approximate surface area is 287 Å². The predicted molar refractivity (Wildman–Crippen MR) is 196 cm³/mol. The van der Waals surface area contributed by atoms with Crippen molar-refractivity contribution < 1.29 is 23.8 Å². The molecule has 0 saturated heterocycles. The maximum atomic E-state index is 12.4. The molecule has 46 heavy (non-hydrogen) atoms. The summed E-state index contributed by atoms with van der Waals surface area (Å²) in [7, 11) is 0. The summed E-state index contributed by atoms with van der Waals surface area (Å²) in [6.45, 7) is 7.36. The standard InChI is InChI=1S/C41H80O5/c1-4-7-9-11-13-15-17-19-21-23-25-27-29-31-33-35-40(42)45-38-39(37-44-6-3)46-41(43)36-34-32-30-28-26-24-22-20-18-16-14-12-10-8-5-2/h39H,4-38H2,1-3H3. The molecule has 0 aromatic rings. The summed E-state index contributed by atoms with van der Waals surface area (Å²) >= 11 is 0. The lowest BCUT2D eigenvalue weighted by Crippen LogP contribution is -2.29. The van der Waals surface area contributed by atoms with Crippen molar-refractivity contribution in [2.45, 2.75) is 232 Å². The minimum Gasteiger partial charge on any atom is -0.462 e. The normalized spacial score (nSPS) is 12.0. The predicted octanol–water partition coefficient (Wildman–Crippen LogP) is 13.0. The van der Waals surface area contributed by atoms with E-state index in [1.54, 1.807) is 0 Å². The van der Waals surface area contributed by atoms with Crippen molar-refractivity contribution in [3.05, 3.63) is 0 Å². The number of carbonyl (C=O) groups is 2. The van der Waals surface area contributed by atoms with Crippen LogP contribution in [0.25, 0.3) is 0 Å². The first kappa shape index (κ1) is 44.9. The molecule has 0 aromatic carbocycles. The van der Waals surface area contributed by atoms with Gasteiger partial charge in [0.1, 0.15) is 6.61 Å². The third-order valence-corrected chi connectivity index (χ3v) is 9.21. The molecule has 0 amide bonds. The van der Waals surface area contributed by atoms with Gasteiger partial charge in [0.25, 0.3) is 0 Å². The van der Waals surface area contributed by atoms with E-state index < -0.39 is 6.10 Å². The van der Waals surface area contributed by atoms with Gasteiger partial charge >= 0.3 is 11.9 Å². The molecular formula is C41H80O5. The van der Waals surface area contributed by atoms with E-state index in [-0.39, 0.29) is 25.2 Å². The van der Waals surface area contributed by atoms with Crippen LogP contribution in [0.15, 0.2) is 0 Å². The summed E-state index contributed by atoms with van der Waals surface area (Å²) in [5, 5.41) is 0. The van der Waals surface area contributed by atoms with Crippen LogP contribution in [-0.2, 0) is 23.8 Å². The van der Waals surface area contributed by atoms with Gasteiger partial charge in [0, 0.05) is 19.4 Å². The molecule has 0 fully saturated rings. The topological polar surface area (TPSA) is 61.8 Å². The number of esters is 2. The summed E-state index contributed by atoms with van der Waals surface area (Å²) < 4.78 is 16.5. The molecule has 0 bridgehead atoms. The fourth-order valence-electron chi connectivity index (χ4n) is 6.15. The van der Waals surface area contributed by atoms with Crippen LogP contribution in [0.5, 0.6) is 0 Å². The molecule has 1 atom stereocenters. The highest BCUT2D eigenvalue weighted by molar-refractivity contribution is 5.70. The second kappa shape index (κ2) is 38.3. The molecule has 0 radical (unpaired) electrons. The van der Waals surface area contributed by atoms with Crippen LogP contribution in [0.4, 0.5) is 0 Å². The van der Waals surface area contributed by atoms with Crippen molar-refractivity contribution in [2.24, 2.45) is 0 Å². The molecule has 0 saturated carbocycles. The SMILES string of the molecule is CCCCCCCCCCCCCCCCCC(=O)OCC(COCC)OC(=O)CCCCCCCCCCCCCCCCC. The van der Waals surface area contributed by atoms with Crippen LogP contribution in [-0.4, -0.2) is 37.9 Å². The lowest BCUT2D eigenvalue weighted by atomic mass is 10.0. The first-order valence-corrected chi connectivity index (χ1v) is 20.6. The van der Waals surface area contributed by atoms with E-state index in [0.29, 0.717) is 19.4 Å². The minimum atomic E-state index is -0.520. The molecule has 0 aliphatic heterocycles. The Morgan fingerprint density at radius 3 is 1.02 bits per heavy atom. The number of hydrogen-bond donors (Lipinski definition) is 0. The van der Waals surface area contributed by atoms with Crippen molar-refractivity contribution in [1.82, 2.24) is 0 Å². The van der Waals surface area contributed by atoms with Crippen LogP contribution in [0.3, 0.4) is 0 Å². The van der Waals surface area contributed by atoms with Gasteiger partial charge in [-0.25, -0.2) is 0 Å². The quantitative estimate of drug-likeness (QED) is 0.0490. The molecule has 0 spiro atoms. The zero-order valence-corrected chi connectivity index (χ0v) is 31.4. The molecule has 0 rings (SSSR count). The van der Waals surface area contributed by atoms with E-state index in [1.807, 2.05) is 6.92 Å². The summed E-state index contributed by atoms with van der Waals surface area (Å²) in [6.07, 6.45) is 39.5. The fraction of sp³-hybridized carbons (Fsp3) is 0.951. The average Bonchev–Trinajstić information content (AvgIpc) is 3.05. The monoisotopic (exact) mass is 653 g/mol. The highest BCUT2D eigenvalue weighted by atomic mass is 16.6. The van der Waals surface area contributed by atoms with Gasteiger partial charge in [-0.05, 0) is 19.8 Å². The van der Waals surface area contributed by atoms with Crippen molar-refractivity contribution in [2.75, 3.05) is 19.8 Å². The molecule has 0 aromatic heterocycles. The molecule has 274 valence electrons. The zero-order valence-electron chi connectivity index (χ0n) is 31.4. The summed E-state index contributed by atoms with van der Waals surface area (Å²) in [5.74, 6) is -0.410. The number of carbonyl (C=O) groups excluding carboxylic acids is 2. The molecular weight excluding hydrogens is 572 g/mol. The van der Waals surface area contributed by atoms with E-state index in [9.17, 15) is 9.59 Å². The minimum absolute atomic E-state index is 0.0855. The van der Waals surface area contributed by atoms with Gasteiger partial charge in [-0.2, -0.15) is 0 Å². The first-order chi connectivity index (χ1) is 22.6. The molecule has 0 aliphatic carbocycles. The maximum absolute atomic E-state index is 12.4. The second-order valence-electron chi connectivity index (χ2n) is 13.9. The van der Waals surface area contributed by atoms with Crippen molar-refractivity contribution in [3.63, 3.8) is 0 Å². The molecule has 0 N–H and O–H groups in total. The van der Waals surface area contributed by atoms with Crippen LogP contribution >= 0.6 is 0 Å². The second-order valence-corrected chi connectivity index (χ2v) is 13.9. The van der Waals surface area contributed by atoms with E-state index in [4.69, 9.17) is 14.2 Å². The van der Waals surface area contributed by atoms with Gasteiger partial charge in [0.15, 0.2) is 6.10 Å². The van der Waals surface area contributed by atoms with E-state index in [0.717, 1.165) is 25.7 Å². The van der Waals surface area contributed by atoms with Crippen LogP contribution in [0.2, 0.25) is 0 Å². The van der Waals surface area contributed by atoms with Gasteiger partial charge in [-0.15, -0.1) is 0 Å². The van der Waals surface area contributed by atoms with Gasteiger partial charge < -0.3 is 14.2 Å². The number of hydrogen-bond acceptors (Lipinski definition) is 5. The van der Waals surface area contributed by atoms with Gasteiger partial charge in [-0.1, -0.05) is 194 Å². The van der Waals surface area contributed by atoms with Crippen LogP contribution < -0.4 is 0 Å². The average molecular weight is 653 g/mol. The molecule has 0 aliphatic rings. The van der Waals surface area contributed by atoms with Gasteiger partial charge in [0.05, 0.1) is 6.61 Å². The highest BCUT2D eigenvalue weighted by Gasteiger charge is 2.17. The Morgan fingerprint density at radius 2 is 0.696 bits per heavy atom. The summed E-state index contributed by atoms with van der Waals surface area (Å²) in [5.41, 5.74) is 0. The molecule has 1 unspecified atom stereocenters. The van der Waals surface area contributed by atoms with Crippen molar-refractivity contribution >= 4 is 11.9 Å². The Balaban J connectivity index is 3.68. The third kappa shape index (κ3) is 35.7. The van der Waals surface area contributed by atoms with Gasteiger partial charge in [0.2, 0.25) is 0 Å². The molecule has 5 heteroatoms. The van der Waals surface area contributed by atoms with Crippen molar-refractivity contribution in [1.29, 1.82) is 0 Å². The lowest BCUT2D eigenvalue weighted by molar-refractivity contribution is -0.162. The van der Waals surface area contributed by atoms with E-state index >= 15 is 0 Å². The number of unbranched alkanes of at least 4 members (excludes halogenated alkanes) is 28. The van der Waals surface area contributed by atoms with Gasteiger partial charge in [-0.3, -0.25) is 9.59 Å². The number of ether oxygens (including phenoxy) is 3. The largest absolute Gasteiger partial charge is 0.462 e. The van der Waals surface area contributed by atoms with Crippen LogP contribution in [0.1, 0.15) is 226 Å². The van der Waals surface area contributed by atoms with E-state index in [1.165, 1.54) is 167 Å². The highest BCUT2D eigenvalue weighted by Crippen LogP contribution is 2.16. The Kier molecular flexibility index (Phi) is 37.4. The fourth-order valence-corrected chi connectivity index (χ4v) is 6.15. The summed E-state index contributed by atoms with van der Waals surface area (Å²) in [4.78, 5) is 24.7.